The molecule has 4 nitrogen and oxygen atoms in total. The Balaban J connectivity index is 2.57. The summed E-state index contributed by atoms with van der Waals surface area (Å²) in [5.74, 6) is -1.97. The number of hydrogen-bond donors (Lipinski definition) is 2. The maximum absolute atomic E-state index is 12.9. The van der Waals surface area contributed by atoms with Gasteiger partial charge in [0.25, 0.3) is 5.91 Å². The van der Waals surface area contributed by atoms with E-state index in [2.05, 4.69) is 0 Å². The van der Waals surface area contributed by atoms with Crippen molar-refractivity contribution in [3.63, 3.8) is 0 Å². The van der Waals surface area contributed by atoms with Gasteiger partial charge in [0.15, 0.2) is 6.30 Å². The third-order valence-electron chi connectivity index (χ3n) is 1.93. The Kier molecular flexibility index (Phi) is 2.93. The first-order chi connectivity index (χ1) is 5.66. The molecule has 0 saturated carbocycles. The number of piperidine rings is 1. The van der Waals surface area contributed by atoms with Crippen molar-refractivity contribution in [2.75, 3.05) is 6.54 Å². The summed E-state index contributed by atoms with van der Waals surface area (Å²) in [6, 6.07) is 0. The van der Waals surface area contributed by atoms with Gasteiger partial charge in [-0.1, -0.05) is 0 Å². The van der Waals surface area contributed by atoms with Crippen LogP contribution in [0.1, 0.15) is 12.8 Å². The van der Waals surface area contributed by atoms with Crippen molar-refractivity contribution in [2.24, 2.45) is 5.92 Å². The molecule has 0 aromatic heterocycles. The zero-order chi connectivity index (χ0) is 9.14. The lowest BCUT2D eigenvalue weighted by atomic mass is 9.98. The van der Waals surface area contributed by atoms with E-state index in [1.807, 2.05) is 0 Å². The standard InChI is InChI=1S/C6H10F2N2O2/c7-5-4(6(11)9-12)2-1-3-10(5)8/h4-5,12H,1-3H2,(H,9,11). The third kappa shape index (κ3) is 1.70. The fourth-order valence-electron chi connectivity index (χ4n) is 1.26. The third-order valence-corrected chi connectivity index (χ3v) is 1.93. The molecule has 12 heavy (non-hydrogen) atoms. The van der Waals surface area contributed by atoms with Crippen molar-refractivity contribution in [3.05, 3.63) is 0 Å². The Morgan fingerprint density at radius 2 is 2.33 bits per heavy atom. The van der Waals surface area contributed by atoms with Gasteiger partial charge in [-0.25, -0.2) is 9.87 Å². The molecular weight excluding hydrogens is 170 g/mol. The second-order valence-electron chi connectivity index (χ2n) is 2.72. The molecule has 1 aliphatic heterocycles. The minimum absolute atomic E-state index is 0.00360. The average Bonchev–Trinajstić information content (AvgIpc) is 2.08. The van der Waals surface area contributed by atoms with Crippen LogP contribution in [0.2, 0.25) is 0 Å². The van der Waals surface area contributed by atoms with Gasteiger partial charge in [0, 0.05) is 6.54 Å². The van der Waals surface area contributed by atoms with Crippen LogP contribution in [-0.4, -0.2) is 29.1 Å². The van der Waals surface area contributed by atoms with E-state index in [-0.39, 0.29) is 18.1 Å². The summed E-state index contributed by atoms with van der Waals surface area (Å²) in [4.78, 5) is 10.7. The van der Waals surface area contributed by atoms with Crippen LogP contribution in [0.4, 0.5) is 8.87 Å². The number of nitrogens with one attached hydrogen (secondary N) is 1. The van der Waals surface area contributed by atoms with Crippen LogP contribution in [0, 0.1) is 5.92 Å². The lowest BCUT2D eigenvalue weighted by Crippen LogP contribution is -2.44. The monoisotopic (exact) mass is 180 g/mol. The zero-order valence-corrected chi connectivity index (χ0v) is 6.33. The fourth-order valence-corrected chi connectivity index (χ4v) is 1.26. The molecule has 1 heterocycles. The summed E-state index contributed by atoms with van der Waals surface area (Å²) >= 11 is 0. The van der Waals surface area contributed by atoms with E-state index < -0.39 is 18.1 Å². The Labute approximate surface area is 68.0 Å². The summed E-state index contributed by atoms with van der Waals surface area (Å²) in [7, 11) is 0. The minimum atomic E-state index is -1.94. The van der Waals surface area contributed by atoms with E-state index in [0.29, 0.717) is 6.42 Å². The van der Waals surface area contributed by atoms with Crippen LogP contribution in [0.3, 0.4) is 0 Å². The molecule has 2 N–H and O–H groups in total. The molecule has 0 aliphatic carbocycles. The Hall–Kier alpha value is -0.750. The Bertz CT molecular complexity index is 179. The number of hydroxylamine groups is 1. The van der Waals surface area contributed by atoms with Crippen molar-refractivity contribution >= 4 is 5.91 Å². The molecule has 70 valence electrons. The first-order valence-corrected chi connectivity index (χ1v) is 3.67. The summed E-state index contributed by atoms with van der Waals surface area (Å²) in [5, 5.41) is 8.16. The van der Waals surface area contributed by atoms with Crippen LogP contribution in [-0.2, 0) is 4.79 Å². The SMILES string of the molecule is O=C(NO)C1CCCN(F)C1F. The van der Waals surface area contributed by atoms with E-state index in [9.17, 15) is 13.7 Å². The van der Waals surface area contributed by atoms with Crippen molar-refractivity contribution in [3.8, 4) is 0 Å². The molecule has 0 spiro atoms. The smallest absolute Gasteiger partial charge is 0.250 e. The average molecular weight is 180 g/mol. The second-order valence-corrected chi connectivity index (χ2v) is 2.72. The van der Waals surface area contributed by atoms with Gasteiger partial charge in [-0.15, -0.1) is 9.60 Å². The number of amides is 1. The van der Waals surface area contributed by atoms with Gasteiger partial charge >= 0.3 is 0 Å². The molecule has 1 rings (SSSR count). The van der Waals surface area contributed by atoms with Gasteiger partial charge in [0.1, 0.15) is 0 Å². The number of rotatable bonds is 1. The molecule has 6 heteroatoms. The van der Waals surface area contributed by atoms with Crippen LogP contribution in [0.25, 0.3) is 0 Å². The van der Waals surface area contributed by atoms with Crippen LogP contribution in [0.15, 0.2) is 0 Å². The summed E-state index contributed by atoms with van der Waals surface area (Å²) < 4.78 is 25.4. The number of halogens is 2. The Morgan fingerprint density at radius 1 is 1.67 bits per heavy atom. The lowest BCUT2D eigenvalue weighted by molar-refractivity contribution is -0.159. The Morgan fingerprint density at radius 3 is 2.92 bits per heavy atom. The maximum Gasteiger partial charge on any atom is 0.250 e. The number of nitrogens with zero attached hydrogens (tertiary/aromatic N) is 1. The first-order valence-electron chi connectivity index (χ1n) is 3.67. The first kappa shape index (κ1) is 9.34. The predicted octanol–water partition coefficient (Wildman–Crippen LogP) is 0.384. The summed E-state index contributed by atoms with van der Waals surface area (Å²) in [6.45, 7) is -0.00360. The van der Waals surface area contributed by atoms with Gasteiger partial charge in [0.2, 0.25) is 0 Å². The summed E-state index contributed by atoms with van der Waals surface area (Å²) in [5.41, 5.74) is 1.31. The van der Waals surface area contributed by atoms with Gasteiger partial charge < -0.3 is 0 Å². The topological polar surface area (TPSA) is 52.6 Å². The number of carbonyl (C=O) groups is 1. The lowest BCUT2D eigenvalue weighted by Gasteiger charge is -2.28. The van der Waals surface area contributed by atoms with E-state index in [0.717, 1.165) is 0 Å². The molecule has 1 aliphatic rings. The highest BCUT2D eigenvalue weighted by atomic mass is 19.2. The van der Waals surface area contributed by atoms with E-state index in [1.54, 1.807) is 0 Å². The quantitative estimate of drug-likeness (QED) is 0.265. The van der Waals surface area contributed by atoms with Gasteiger partial charge in [-0.05, 0) is 12.8 Å². The highest BCUT2D eigenvalue weighted by Gasteiger charge is 2.36. The minimum Gasteiger partial charge on any atom is -0.289 e. The highest BCUT2D eigenvalue weighted by Crippen LogP contribution is 2.24. The van der Waals surface area contributed by atoms with Crippen molar-refractivity contribution in [1.82, 2.24) is 10.6 Å². The molecule has 1 saturated heterocycles. The normalized spacial score (nSPS) is 31.6. The number of hydrogen-bond acceptors (Lipinski definition) is 3. The van der Waals surface area contributed by atoms with Gasteiger partial charge in [0.05, 0.1) is 5.92 Å². The van der Waals surface area contributed by atoms with Crippen molar-refractivity contribution in [1.29, 1.82) is 0 Å². The molecule has 0 aromatic rings. The molecule has 0 radical (unpaired) electrons. The van der Waals surface area contributed by atoms with Crippen LogP contribution >= 0.6 is 0 Å². The molecule has 0 aromatic carbocycles. The van der Waals surface area contributed by atoms with Crippen molar-refractivity contribution in [2.45, 2.75) is 19.1 Å². The van der Waals surface area contributed by atoms with E-state index in [4.69, 9.17) is 5.21 Å². The molecular formula is C6H10F2N2O2. The number of carbonyl (C=O) groups excluding carboxylic acids is 1. The van der Waals surface area contributed by atoms with E-state index in [1.165, 1.54) is 5.48 Å². The van der Waals surface area contributed by atoms with Crippen LogP contribution in [0.5, 0.6) is 0 Å². The van der Waals surface area contributed by atoms with Crippen LogP contribution < -0.4 is 5.48 Å². The number of alkyl halides is 1. The largest absolute Gasteiger partial charge is 0.289 e. The van der Waals surface area contributed by atoms with E-state index >= 15 is 0 Å². The molecule has 2 unspecified atom stereocenters. The zero-order valence-electron chi connectivity index (χ0n) is 6.33. The van der Waals surface area contributed by atoms with Gasteiger partial charge in [-0.3, -0.25) is 10.0 Å². The summed E-state index contributed by atoms with van der Waals surface area (Å²) in [6.07, 6.45) is -1.27. The molecule has 1 amide bonds. The highest BCUT2D eigenvalue weighted by molar-refractivity contribution is 5.78. The van der Waals surface area contributed by atoms with Gasteiger partial charge in [-0.2, -0.15) is 0 Å². The molecule has 0 bridgehead atoms. The maximum atomic E-state index is 12.9. The van der Waals surface area contributed by atoms with Crippen molar-refractivity contribution < 1.29 is 18.9 Å². The molecule has 1 fully saturated rings. The molecule has 2 atom stereocenters. The second kappa shape index (κ2) is 3.77. The predicted molar refractivity (Wildman–Crippen MR) is 35.4 cm³/mol. The fraction of sp³-hybridized carbons (Fsp3) is 0.833.